The largest absolute Gasteiger partial charge is 0.151 e. The van der Waals surface area contributed by atoms with Crippen LogP contribution in [0.3, 0.4) is 0 Å². The molecule has 0 fully saturated rings. The van der Waals surface area contributed by atoms with Gasteiger partial charge in [-0.1, -0.05) is 50.1 Å². The van der Waals surface area contributed by atoms with Crippen LogP contribution in [0.4, 0.5) is 11.4 Å². The summed E-state index contributed by atoms with van der Waals surface area (Å²) in [5.74, 6) is 0. The number of benzene rings is 2. The zero-order valence-corrected chi connectivity index (χ0v) is 12.3. The maximum atomic E-state index is 4.31. The molecule has 20 heavy (non-hydrogen) atoms. The molecule has 0 spiro atoms. The average Bonchev–Trinajstić information content (AvgIpc) is 2.48. The minimum absolute atomic E-state index is 0.910. The van der Waals surface area contributed by atoms with E-state index in [2.05, 4.69) is 29.3 Å². The second-order valence-corrected chi connectivity index (χ2v) is 5.11. The zero-order chi connectivity index (χ0) is 14.2. The highest BCUT2D eigenvalue weighted by Gasteiger charge is 1.96. The molecule has 0 N–H and O–H groups in total. The fourth-order valence-corrected chi connectivity index (χ4v) is 2.10. The van der Waals surface area contributed by atoms with E-state index in [1.54, 1.807) is 0 Å². The summed E-state index contributed by atoms with van der Waals surface area (Å²) in [4.78, 5) is 0. The third-order valence-electron chi connectivity index (χ3n) is 3.39. The lowest BCUT2D eigenvalue weighted by Gasteiger charge is -2.01. The first-order valence-electron chi connectivity index (χ1n) is 7.36. The van der Waals surface area contributed by atoms with Gasteiger partial charge in [0.25, 0.3) is 0 Å². The molecule has 2 aromatic rings. The van der Waals surface area contributed by atoms with Gasteiger partial charge < -0.3 is 0 Å². The van der Waals surface area contributed by atoms with Crippen LogP contribution in [0, 0.1) is 6.92 Å². The van der Waals surface area contributed by atoms with E-state index in [0.717, 1.165) is 23.4 Å². The summed E-state index contributed by atoms with van der Waals surface area (Å²) in [5.41, 5.74) is 4.37. The monoisotopic (exact) mass is 266 g/mol. The first kappa shape index (κ1) is 14.4. The highest BCUT2D eigenvalue weighted by atomic mass is 15.1. The SMILES string of the molecule is CCCCCc1ccc(/N=N/c2ccccc2C)cc1. The quantitative estimate of drug-likeness (QED) is 0.443. The van der Waals surface area contributed by atoms with Crippen LogP contribution in [-0.2, 0) is 6.42 Å². The molecule has 0 aromatic heterocycles. The topological polar surface area (TPSA) is 24.7 Å². The summed E-state index contributed by atoms with van der Waals surface area (Å²) >= 11 is 0. The van der Waals surface area contributed by atoms with Crippen molar-refractivity contribution in [2.45, 2.75) is 39.5 Å². The molecule has 2 aromatic carbocycles. The third kappa shape index (κ3) is 4.30. The van der Waals surface area contributed by atoms with Gasteiger partial charge in [0.05, 0.1) is 11.4 Å². The minimum atomic E-state index is 0.910. The number of hydrogen-bond acceptors (Lipinski definition) is 2. The Morgan fingerprint density at radius 1 is 0.850 bits per heavy atom. The highest BCUT2D eigenvalue weighted by molar-refractivity contribution is 5.45. The average molecular weight is 266 g/mol. The number of unbranched alkanes of at least 4 members (excludes halogenated alkanes) is 2. The Hall–Kier alpha value is -1.96. The Kier molecular flexibility index (Phi) is 5.48. The molecule has 0 saturated carbocycles. The fourth-order valence-electron chi connectivity index (χ4n) is 2.10. The van der Waals surface area contributed by atoms with Crippen molar-refractivity contribution >= 4 is 11.4 Å². The van der Waals surface area contributed by atoms with Crippen LogP contribution in [0.1, 0.15) is 37.3 Å². The Labute approximate surface area is 121 Å². The molecule has 2 rings (SSSR count). The molecule has 0 aliphatic heterocycles. The van der Waals surface area contributed by atoms with Crippen LogP contribution in [0.5, 0.6) is 0 Å². The van der Waals surface area contributed by atoms with Crippen molar-refractivity contribution in [2.75, 3.05) is 0 Å². The molecular weight excluding hydrogens is 244 g/mol. The number of azo groups is 1. The molecule has 2 nitrogen and oxygen atoms in total. The predicted molar refractivity (Wildman–Crippen MR) is 85.0 cm³/mol. The van der Waals surface area contributed by atoms with Gasteiger partial charge in [0.15, 0.2) is 0 Å². The molecule has 104 valence electrons. The summed E-state index contributed by atoms with van der Waals surface area (Å²) in [6.45, 7) is 4.28. The van der Waals surface area contributed by atoms with Gasteiger partial charge in [-0.25, -0.2) is 0 Å². The van der Waals surface area contributed by atoms with Crippen LogP contribution in [0.25, 0.3) is 0 Å². The Balaban J connectivity index is 1.98. The smallest absolute Gasteiger partial charge is 0.0886 e. The first-order chi connectivity index (χ1) is 9.79. The molecule has 0 radical (unpaired) electrons. The molecule has 0 aliphatic carbocycles. The Morgan fingerprint density at radius 2 is 1.60 bits per heavy atom. The second kappa shape index (κ2) is 7.59. The van der Waals surface area contributed by atoms with E-state index in [1.807, 2.05) is 43.3 Å². The standard InChI is InChI=1S/C18H22N2/c1-3-4-5-9-16-11-13-17(14-12-16)19-20-18-10-7-6-8-15(18)2/h6-8,10-14H,3-5,9H2,1-2H3/b20-19+. The lowest BCUT2D eigenvalue weighted by molar-refractivity contribution is 0.717. The zero-order valence-electron chi connectivity index (χ0n) is 12.3. The van der Waals surface area contributed by atoms with Gasteiger partial charge in [0.2, 0.25) is 0 Å². The van der Waals surface area contributed by atoms with E-state index in [0.29, 0.717) is 0 Å². The van der Waals surface area contributed by atoms with Crippen LogP contribution >= 0.6 is 0 Å². The fraction of sp³-hybridized carbons (Fsp3) is 0.333. The van der Waals surface area contributed by atoms with Crippen LogP contribution in [0.2, 0.25) is 0 Å². The minimum Gasteiger partial charge on any atom is -0.151 e. The van der Waals surface area contributed by atoms with E-state index >= 15 is 0 Å². The van der Waals surface area contributed by atoms with Crippen molar-refractivity contribution < 1.29 is 0 Å². The van der Waals surface area contributed by atoms with Gasteiger partial charge >= 0.3 is 0 Å². The van der Waals surface area contributed by atoms with Crippen LogP contribution in [0.15, 0.2) is 58.8 Å². The van der Waals surface area contributed by atoms with Crippen molar-refractivity contribution in [3.8, 4) is 0 Å². The Bertz CT molecular complexity index is 556. The summed E-state index contributed by atoms with van der Waals surface area (Å²) in [6.07, 6.45) is 4.99. The summed E-state index contributed by atoms with van der Waals surface area (Å²) in [5, 5.41) is 8.61. The van der Waals surface area contributed by atoms with E-state index < -0.39 is 0 Å². The highest BCUT2D eigenvalue weighted by Crippen LogP contribution is 2.21. The van der Waals surface area contributed by atoms with Crippen LogP contribution < -0.4 is 0 Å². The van der Waals surface area contributed by atoms with Gasteiger partial charge in [0.1, 0.15) is 0 Å². The molecule has 0 saturated heterocycles. The van der Waals surface area contributed by atoms with Gasteiger partial charge in [-0.05, 0) is 49.1 Å². The molecule has 0 aliphatic rings. The van der Waals surface area contributed by atoms with Gasteiger partial charge in [-0.15, -0.1) is 0 Å². The van der Waals surface area contributed by atoms with Crippen molar-refractivity contribution in [1.29, 1.82) is 0 Å². The van der Waals surface area contributed by atoms with Gasteiger partial charge in [-0.3, -0.25) is 0 Å². The number of hydrogen-bond donors (Lipinski definition) is 0. The molecule has 0 bridgehead atoms. The molecule has 0 heterocycles. The normalized spacial score (nSPS) is 11.1. The second-order valence-electron chi connectivity index (χ2n) is 5.11. The van der Waals surface area contributed by atoms with E-state index in [9.17, 15) is 0 Å². The maximum absolute atomic E-state index is 4.31. The lowest BCUT2D eigenvalue weighted by Crippen LogP contribution is -1.83. The molecule has 0 atom stereocenters. The molecular formula is C18H22N2. The number of rotatable bonds is 6. The molecule has 2 heteroatoms. The third-order valence-corrected chi connectivity index (χ3v) is 3.39. The summed E-state index contributed by atoms with van der Waals surface area (Å²) in [7, 11) is 0. The number of aryl methyl sites for hydroxylation is 2. The maximum Gasteiger partial charge on any atom is 0.0886 e. The van der Waals surface area contributed by atoms with E-state index in [1.165, 1.54) is 24.8 Å². The van der Waals surface area contributed by atoms with Crippen molar-refractivity contribution in [1.82, 2.24) is 0 Å². The predicted octanol–water partition coefficient (Wildman–Crippen LogP) is 6.14. The Morgan fingerprint density at radius 3 is 2.30 bits per heavy atom. The van der Waals surface area contributed by atoms with Crippen molar-refractivity contribution in [3.63, 3.8) is 0 Å². The van der Waals surface area contributed by atoms with Crippen LogP contribution in [-0.4, -0.2) is 0 Å². The lowest BCUT2D eigenvalue weighted by atomic mass is 10.1. The summed E-state index contributed by atoms with van der Waals surface area (Å²) in [6, 6.07) is 16.4. The van der Waals surface area contributed by atoms with Gasteiger partial charge in [0, 0.05) is 0 Å². The molecule has 0 unspecified atom stereocenters. The first-order valence-corrected chi connectivity index (χ1v) is 7.36. The van der Waals surface area contributed by atoms with E-state index in [4.69, 9.17) is 0 Å². The van der Waals surface area contributed by atoms with E-state index in [-0.39, 0.29) is 0 Å². The molecule has 0 amide bonds. The van der Waals surface area contributed by atoms with Gasteiger partial charge in [-0.2, -0.15) is 10.2 Å². The van der Waals surface area contributed by atoms with Crippen molar-refractivity contribution in [2.24, 2.45) is 10.2 Å². The van der Waals surface area contributed by atoms with Crippen molar-refractivity contribution in [3.05, 3.63) is 59.7 Å². The summed E-state index contributed by atoms with van der Waals surface area (Å²) < 4.78 is 0. The number of nitrogens with zero attached hydrogens (tertiary/aromatic N) is 2.